The van der Waals surface area contributed by atoms with Gasteiger partial charge in [-0.2, -0.15) is 5.10 Å². The van der Waals surface area contributed by atoms with E-state index in [1.807, 2.05) is 13.8 Å². The summed E-state index contributed by atoms with van der Waals surface area (Å²) in [5, 5.41) is 19.3. The Bertz CT molecular complexity index is 428. The maximum atomic E-state index is 12.0. The summed E-state index contributed by atoms with van der Waals surface area (Å²) in [7, 11) is 0. The van der Waals surface area contributed by atoms with E-state index in [0.717, 1.165) is 25.3 Å². The minimum atomic E-state index is -0.0978. The summed E-state index contributed by atoms with van der Waals surface area (Å²) in [6.07, 6.45) is 2.35. The number of aromatic nitrogens is 2. The molecule has 6 heteroatoms. The van der Waals surface area contributed by atoms with Gasteiger partial charge in [0.05, 0.1) is 6.20 Å². The van der Waals surface area contributed by atoms with Gasteiger partial charge in [-0.25, -0.2) is 4.68 Å². The minimum absolute atomic E-state index is 0.0978. The van der Waals surface area contributed by atoms with Gasteiger partial charge >= 0.3 is 0 Å². The molecule has 1 amide bonds. The monoisotopic (exact) mass is 252 g/mol. The molecular formula is C12H20N4O2. The molecule has 0 spiro atoms. The smallest absolute Gasteiger partial charge is 0.256 e. The SMILES string of the molecule is CC(C)NC(=O)c1cnn2c1NCC(CCO)C2. The van der Waals surface area contributed by atoms with Gasteiger partial charge in [0, 0.05) is 25.7 Å². The number of aliphatic hydroxyl groups is 1. The van der Waals surface area contributed by atoms with E-state index in [1.165, 1.54) is 0 Å². The summed E-state index contributed by atoms with van der Waals surface area (Å²) in [4.78, 5) is 12.0. The zero-order valence-electron chi connectivity index (χ0n) is 10.8. The van der Waals surface area contributed by atoms with Crippen LogP contribution in [0.2, 0.25) is 0 Å². The van der Waals surface area contributed by atoms with Crippen LogP contribution in [0.5, 0.6) is 0 Å². The number of nitrogens with zero attached hydrogens (tertiary/aromatic N) is 2. The average Bonchev–Trinajstić information content (AvgIpc) is 2.71. The Kier molecular flexibility index (Phi) is 3.86. The van der Waals surface area contributed by atoms with Crippen molar-refractivity contribution in [2.75, 3.05) is 18.5 Å². The van der Waals surface area contributed by atoms with Crippen LogP contribution in [0.15, 0.2) is 6.20 Å². The number of carbonyl (C=O) groups excluding carboxylic acids is 1. The van der Waals surface area contributed by atoms with Crippen LogP contribution >= 0.6 is 0 Å². The molecule has 0 radical (unpaired) electrons. The van der Waals surface area contributed by atoms with Gasteiger partial charge < -0.3 is 15.7 Å². The van der Waals surface area contributed by atoms with E-state index >= 15 is 0 Å². The number of amides is 1. The van der Waals surface area contributed by atoms with Gasteiger partial charge in [0.25, 0.3) is 5.91 Å². The number of nitrogens with one attached hydrogen (secondary N) is 2. The number of hydrogen-bond acceptors (Lipinski definition) is 4. The highest BCUT2D eigenvalue weighted by Crippen LogP contribution is 2.23. The van der Waals surface area contributed by atoms with Crippen molar-refractivity contribution in [3.8, 4) is 0 Å². The van der Waals surface area contributed by atoms with Crippen molar-refractivity contribution >= 4 is 11.7 Å². The van der Waals surface area contributed by atoms with E-state index in [-0.39, 0.29) is 18.6 Å². The number of anilines is 1. The Balaban J connectivity index is 2.11. The van der Waals surface area contributed by atoms with Crippen LogP contribution in [0.25, 0.3) is 0 Å². The Morgan fingerprint density at radius 2 is 2.50 bits per heavy atom. The molecule has 1 aliphatic rings. The molecule has 1 atom stereocenters. The van der Waals surface area contributed by atoms with Gasteiger partial charge in [-0.15, -0.1) is 0 Å². The molecular weight excluding hydrogens is 232 g/mol. The first-order chi connectivity index (χ1) is 8.61. The molecule has 0 saturated carbocycles. The molecule has 100 valence electrons. The van der Waals surface area contributed by atoms with Gasteiger partial charge in [0.15, 0.2) is 0 Å². The fraction of sp³-hybridized carbons (Fsp3) is 0.667. The van der Waals surface area contributed by atoms with E-state index in [4.69, 9.17) is 5.11 Å². The molecule has 0 saturated heterocycles. The third-order valence-corrected chi connectivity index (χ3v) is 3.03. The molecule has 1 unspecified atom stereocenters. The molecule has 1 aliphatic heterocycles. The van der Waals surface area contributed by atoms with Crippen molar-refractivity contribution in [2.45, 2.75) is 32.9 Å². The van der Waals surface area contributed by atoms with Gasteiger partial charge in [-0.1, -0.05) is 0 Å². The Morgan fingerprint density at radius 1 is 1.72 bits per heavy atom. The number of hydrogen-bond donors (Lipinski definition) is 3. The summed E-state index contributed by atoms with van der Waals surface area (Å²) in [5.74, 6) is 1.05. The van der Waals surface area contributed by atoms with Crippen LogP contribution in [0.3, 0.4) is 0 Å². The fourth-order valence-electron chi connectivity index (χ4n) is 2.14. The molecule has 3 N–H and O–H groups in total. The van der Waals surface area contributed by atoms with Crippen molar-refractivity contribution in [3.05, 3.63) is 11.8 Å². The molecule has 2 heterocycles. The summed E-state index contributed by atoms with van der Waals surface area (Å²) in [6.45, 7) is 5.56. The largest absolute Gasteiger partial charge is 0.396 e. The molecule has 18 heavy (non-hydrogen) atoms. The molecule has 2 rings (SSSR count). The summed E-state index contributed by atoms with van der Waals surface area (Å²) in [5.41, 5.74) is 0.589. The van der Waals surface area contributed by atoms with E-state index in [1.54, 1.807) is 10.9 Å². The second-order valence-corrected chi connectivity index (χ2v) is 4.98. The van der Waals surface area contributed by atoms with Gasteiger partial charge in [-0.3, -0.25) is 4.79 Å². The Labute approximate surface area is 106 Å². The van der Waals surface area contributed by atoms with Crippen molar-refractivity contribution in [2.24, 2.45) is 5.92 Å². The van der Waals surface area contributed by atoms with E-state index in [9.17, 15) is 4.79 Å². The lowest BCUT2D eigenvalue weighted by molar-refractivity contribution is 0.0943. The number of carbonyl (C=O) groups is 1. The van der Waals surface area contributed by atoms with Crippen LogP contribution in [0, 0.1) is 5.92 Å². The normalized spacial score (nSPS) is 18.3. The summed E-state index contributed by atoms with van der Waals surface area (Å²) in [6, 6.07) is 0.110. The molecule has 0 fully saturated rings. The zero-order valence-corrected chi connectivity index (χ0v) is 10.8. The number of fused-ring (bicyclic) bond motifs is 1. The predicted octanol–water partition coefficient (Wildman–Crippen LogP) is 0.445. The Morgan fingerprint density at radius 3 is 3.17 bits per heavy atom. The zero-order chi connectivity index (χ0) is 13.1. The van der Waals surface area contributed by atoms with Crippen LogP contribution in [-0.2, 0) is 6.54 Å². The third kappa shape index (κ3) is 2.64. The van der Waals surface area contributed by atoms with Crippen LogP contribution < -0.4 is 10.6 Å². The second-order valence-electron chi connectivity index (χ2n) is 4.98. The lowest BCUT2D eigenvalue weighted by Gasteiger charge is -2.25. The van der Waals surface area contributed by atoms with E-state index < -0.39 is 0 Å². The first-order valence-electron chi connectivity index (χ1n) is 6.33. The highest BCUT2D eigenvalue weighted by Gasteiger charge is 2.24. The van der Waals surface area contributed by atoms with Gasteiger partial charge in [0.1, 0.15) is 11.4 Å². The predicted molar refractivity (Wildman–Crippen MR) is 68.5 cm³/mol. The standard InChI is InChI=1S/C12H20N4O2/c1-8(2)15-12(18)10-6-14-16-7-9(3-4-17)5-13-11(10)16/h6,8-9,13,17H,3-5,7H2,1-2H3,(H,15,18). The average molecular weight is 252 g/mol. The highest BCUT2D eigenvalue weighted by molar-refractivity contribution is 5.98. The Hall–Kier alpha value is -1.56. The maximum absolute atomic E-state index is 12.0. The molecule has 1 aromatic heterocycles. The van der Waals surface area contributed by atoms with Crippen molar-refractivity contribution in [3.63, 3.8) is 0 Å². The molecule has 0 aliphatic carbocycles. The summed E-state index contributed by atoms with van der Waals surface area (Å²) >= 11 is 0. The van der Waals surface area contributed by atoms with Crippen molar-refractivity contribution < 1.29 is 9.90 Å². The topological polar surface area (TPSA) is 79.2 Å². The lowest BCUT2D eigenvalue weighted by Crippen LogP contribution is -2.33. The van der Waals surface area contributed by atoms with E-state index in [2.05, 4.69) is 15.7 Å². The maximum Gasteiger partial charge on any atom is 0.256 e. The van der Waals surface area contributed by atoms with Crippen LogP contribution in [0.1, 0.15) is 30.6 Å². The number of aliphatic hydroxyl groups excluding tert-OH is 1. The third-order valence-electron chi connectivity index (χ3n) is 3.03. The second kappa shape index (κ2) is 5.39. The van der Waals surface area contributed by atoms with Crippen molar-refractivity contribution in [1.29, 1.82) is 0 Å². The van der Waals surface area contributed by atoms with E-state index in [0.29, 0.717) is 11.5 Å². The van der Waals surface area contributed by atoms with Crippen LogP contribution in [0.4, 0.5) is 5.82 Å². The van der Waals surface area contributed by atoms with Crippen molar-refractivity contribution in [1.82, 2.24) is 15.1 Å². The first-order valence-corrected chi connectivity index (χ1v) is 6.33. The van der Waals surface area contributed by atoms with Gasteiger partial charge in [0.2, 0.25) is 0 Å². The van der Waals surface area contributed by atoms with Gasteiger partial charge in [-0.05, 0) is 26.2 Å². The fourth-order valence-corrected chi connectivity index (χ4v) is 2.14. The molecule has 0 aromatic carbocycles. The quantitative estimate of drug-likeness (QED) is 0.726. The van der Waals surface area contributed by atoms with Crippen LogP contribution in [-0.4, -0.2) is 40.0 Å². The molecule has 6 nitrogen and oxygen atoms in total. The molecule has 0 bridgehead atoms. The first kappa shape index (κ1) is 12.9. The summed E-state index contributed by atoms with van der Waals surface area (Å²) < 4.78 is 1.80. The highest BCUT2D eigenvalue weighted by atomic mass is 16.3. The lowest BCUT2D eigenvalue weighted by atomic mass is 10.0. The minimum Gasteiger partial charge on any atom is -0.396 e. The molecule has 1 aromatic rings. The number of rotatable bonds is 4.